The van der Waals surface area contributed by atoms with Crippen LogP contribution in [-0.4, -0.2) is 18.4 Å². The van der Waals surface area contributed by atoms with E-state index in [1.165, 1.54) is 5.56 Å². The normalized spacial score (nSPS) is 16.8. The van der Waals surface area contributed by atoms with Gasteiger partial charge in [-0.05, 0) is 61.2 Å². The first-order valence-corrected chi connectivity index (χ1v) is 9.66. The number of carbonyl (C=O) groups excluding carboxylic acids is 2. The molecule has 0 unspecified atom stereocenters. The van der Waals surface area contributed by atoms with E-state index in [-0.39, 0.29) is 24.2 Å². The van der Waals surface area contributed by atoms with Gasteiger partial charge in [-0.1, -0.05) is 35.0 Å². The fourth-order valence-electron chi connectivity index (χ4n) is 3.20. The number of rotatable bonds is 4. The maximum atomic E-state index is 12.7. The summed E-state index contributed by atoms with van der Waals surface area (Å²) in [7, 11) is 0. The molecule has 26 heavy (non-hydrogen) atoms. The molecule has 0 aromatic heterocycles. The molecular weight excluding hydrogens is 392 g/mol. The molecule has 1 aliphatic rings. The quantitative estimate of drug-likeness (QED) is 0.792. The molecule has 2 amide bonds. The van der Waals surface area contributed by atoms with Gasteiger partial charge in [-0.2, -0.15) is 0 Å². The van der Waals surface area contributed by atoms with Gasteiger partial charge in [0.25, 0.3) is 0 Å². The van der Waals surface area contributed by atoms with Gasteiger partial charge in [-0.3, -0.25) is 9.59 Å². The zero-order chi connectivity index (χ0) is 18.8. The topological polar surface area (TPSA) is 49.4 Å². The van der Waals surface area contributed by atoms with Crippen molar-refractivity contribution >= 4 is 39.1 Å². The highest BCUT2D eigenvalue weighted by molar-refractivity contribution is 9.10. The molecule has 1 atom stereocenters. The molecule has 3 rings (SSSR count). The first-order chi connectivity index (χ1) is 12.4. The fourth-order valence-corrected chi connectivity index (χ4v) is 3.63. The predicted molar refractivity (Wildman–Crippen MR) is 109 cm³/mol. The van der Waals surface area contributed by atoms with Gasteiger partial charge in [0, 0.05) is 28.8 Å². The number of nitrogens with one attached hydrogen (secondary N) is 1. The Morgan fingerprint density at radius 2 is 1.85 bits per heavy atom. The number of carbonyl (C=O) groups is 2. The highest BCUT2D eigenvalue weighted by Gasteiger charge is 2.35. The van der Waals surface area contributed by atoms with Crippen molar-refractivity contribution in [3.63, 3.8) is 0 Å². The highest BCUT2D eigenvalue weighted by atomic mass is 79.9. The molecule has 1 N–H and O–H groups in total. The minimum atomic E-state index is -0.336. The Kier molecular flexibility index (Phi) is 5.47. The number of hydrogen-bond donors (Lipinski definition) is 1. The van der Waals surface area contributed by atoms with Gasteiger partial charge >= 0.3 is 0 Å². The standard InChI is InChI=1S/C21H23BrN2O2/c1-4-15-5-7-17(8-6-15)24-12-16(11-20(24)25)21(26)23-19-10-9-18(22)13(2)14(19)3/h5-10,16H,4,11-12H2,1-3H3,(H,23,26)/t16-/m0/s1. The van der Waals surface area contributed by atoms with Gasteiger partial charge in [0.15, 0.2) is 0 Å². The molecule has 0 saturated carbocycles. The van der Waals surface area contributed by atoms with E-state index in [1.54, 1.807) is 4.90 Å². The lowest BCUT2D eigenvalue weighted by Crippen LogP contribution is -2.28. The summed E-state index contributed by atoms with van der Waals surface area (Å²) in [6.45, 7) is 6.51. The van der Waals surface area contributed by atoms with Crippen LogP contribution in [-0.2, 0) is 16.0 Å². The smallest absolute Gasteiger partial charge is 0.229 e. The molecule has 2 aromatic rings. The molecule has 1 fully saturated rings. The Labute approximate surface area is 162 Å². The number of aryl methyl sites for hydroxylation is 1. The second-order valence-electron chi connectivity index (χ2n) is 6.76. The molecule has 1 saturated heterocycles. The molecule has 0 spiro atoms. The van der Waals surface area contributed by atoms with Crippen molar-refractivity contribution in [2.45, 2.75) is 33.6 Å². The van der Waals surface area contributed by atoms with E-state index in [9.17, 15) is 9.59 Å². The third-order valence-electron chi connectivity index (χ3n) is 5.13. The van der Waals surface area contributed by atoms with Crippen molar-refractivity contribution in [2.75, 3.05) is 16.8 Å². The van der Waals surface area contributed by atoms with Crippen LogP contribution in [0.5, 0.6) is 0 Å². The number of amides is 2. The van der Waals surface area contributed by atoms with Crippen molar-refractivity contribution < 1.29 is 9.59 Å². The molecule has 2 aromatic carbocycles. The Balaban J connectivity index is 1.71. The van der Waals surface area contributed by atoms with Crippen LogP contribution in [0.4, 0.5) is 11.4 Å². The third-order valence-corrected chi connectivity index (χ3v) is 5.99. The fraction of sp³-hybridized carbons (Fsp3) is 0.333. The first-order valence-electron chi connectivity index (χ1n) is 8.86. The van der Waals surface area contributed by atoms with Gasteiger partial charge in [-0.25, -0.2) is 0 Å². The van der Waals surface area contributed by atoms with Crippen LogP contribution in [0.3, 0.4) is 0 Å². The highest BCUT2D eigenvalue weighted by Crippen LogP contribution is 2.29. The number of nitrogens with zero attached hydrogens (tertiary/aromatic N) is 1. The third kappa shape index (κ3) is 3.68. The SMILES string of the molecule is CCc1ccc(N2C[C@@H](C(=O)Nc3ccc(Br)c(C)c3C)CC2=O)cc1. The Morgan fingerprint density at radius 1 is 1.15 bits per heavy atom. The lowest BCUT2D eigenvalue weighted by atomic mass is 10.1. The first kappa shape index (κ1) is 18.6. The van der Waals surface area contributed by atoms with E-state index in [2.05, 4.69) is 28.2 Å². The van der Waals surface area contributed by atoms with Crippen LogP contribution in [0, 0.1) is 19.8 Å². The molecule has 4 nitrogen and oxygen atoms in total. The van der Waals surface area contributed by atoms with Gasteiger partial charge in [0.2, 0.25) is 11.8 Å². The Hall–Kier alpha value is -2.14. The second kappa shape index (κ2) is 7.62. The summed E-state index contributed by atoms with van der Waals surface area (Å²) in [6.07, 6.45) is 1.21. The van der Waals surface area contributed by atoms with Crippen LogP contribution < -0.4 is 10.2 Å². The van der Waals surface area contributed by atoms with E-state index in [4.69, 9.17) is 0 Å². The summed E-state index contributed by atoms with van der Waals surface area (Å²) in [4.78, 5) is 26.8. The summed E-state index contributed by atoms with van der Waals surface area (Å²) in [6, 6.07) is 11.8. The monoisotopic (exact) mass is 414 g/mol. The lowest BCUT2D eigenvalue weighted by Gasteiger charge is -2.18. The summed E-state index contributed by atoms with van der Waals surface area (Å²) in [5, 5.41) is 2.99. The summed E-state index contributed by atoms with van der Waals surface area (Å²) in [5.74, 6) is -0.439. The minimum Gasteiger partial charge on any atom is -0.326 e. The zero-order valence-electron chi connectivity index (χ0n) is 15.3. The number of hydrogen-bond acceptors (Lipinski definition) is 2. The summed E-state index contributed by atoms with van der Waals surface area (Å²) in [5.41, 5.74) is 5.02. The van der Waals surface area contributed by atoms with E-state index in [1.807, 2.05) is 50.2 Å². The van der Waals surface area contributed by atoms with Crippen LogP contribution in [0.2, 0.25) is 0 Å². The molecule has 0 aliphatic carbocycles. The van der Waals surface area contributed by atoms with Crippen molar-refractivity contribution in [1.29, 1.82) is 0 Å². The molecule has 1 aliphatic heterocycles. The van der Waals surface area contributed by atoms with Crippen LogP contribution in [0.25, 0.3) is 0 Å². The van der Waals surface area contributed by atoms with Crippen LogP contribution in [0.15, 0.2) is 40.9 Å². The maximum absolute atomic E-state index is 12.7. The average molecular weight is 415 g/mol. The van der Waals surface area contributed by atoms with Crippen molar-refractivity contribution in [2.24, 2.45) is 5.92 Å². The van der Waals surface area contributed by atoms with Crippen LogP contribution in [0.1, 0.15) is 30.0 Å². The minimum absolute atomic E-state index is 0.00175. The second-order valence-corrected chi connectivity index (χ2v) is 7.61. The molecule has 5 heteroatoms. The van der Waals surface area contributed by atoms with E-state index >= 15 is 0 Å². The van der Waals surface area contributed by atoms with Gasteiger partial charge in [0.1, 0.15) is 0 Å². The molecular formula is C21H23BrN2O2. The Bertz CT molecular complexity index is 846. The zero-order valence-corrected chi connectivity index (χ0v) is 16.9. The largest absolute Gasteiger partial charge is 0.326 e. The van der Waals surface area contributed by atoms with Gasteiger partial charge in [0.05, 0.1) is 5.92 Å². The molecule has 0 bridgehead atoms. The van der Waals surface area contributed by atoms with E-state index in [0.29, 0.717) is 6.54 Å². The van der Waals surface area contributed by atoms with Gasteiger partial charge in [-0.15, -0.1) is 0 Å². The number of benzene rings is 2. The van der Waals surface area contributed by atoms with Gasteiger partial charge < -0.3 is 10.2 Å². The lowest BCUT2D eigenvalue weighted by molar-refractivity contribution is -0.122. The van der Waals surface area contributed by atoms with Crippen molar-refractivity contribution in [3.8, 4) is 0 Å². The maximum Gasteiger partial charge on any atom is 0.229 e. The average Bonchev–Trinajstić information content (AvgIpc) is 3.04. The molecule has 1 heterocycles. The van der Waals surface area contributed by atoms with E-state index < -0.39 is 0 Å². The number of halogens is 1. The van der Waals surface area contributed by atoms with Crippen molar-refractivity contribution in [3.05, 3.63) is 57.6 Å². The van der Waals surface area contributed by atoms with E-state index in [0.717, 1.165) is 33.4 Å². The van der Waals surface area contributed by atoms with Crippen LogP contribution >= 0.6 is 15.9 Å². The van der Waals surface area contributed by atoms with Crippen molar-refractivity contribution in [1.82, 2.24) is 0 Å². The number of anilines is 2. The Morgan fingerprint density at radius 3 is 2.50 bits per heavy atom. The molecule has 136 valence electrons. The molecule has 0 radical (unpaired) electrons. The summed E-state index contributed by atoms with van der Waals surface area (Å²) >= 11 is 3.50. The summed E-state index contributed by atoms with van der Waals surface area (Å²) < 4.78 is 1.02. The predicted octanol–water partition coefficient (Wildman–Crippen LogP) is 4.62.